The summed E-state index contributed by atoms with van der Waals surface area (Å²) in [6, 6.07) is 3.84. The Bertz CT molecular complexity index is 640. The van der Waals surface area contributed by atoms with Crippen LogP contribution in [0.25, 0.3) is 0 Å². The highest BCUT2D eigenvalue weighted by molar-refractivity contribution is 14.0. The van der Waals surface area contributed by atoms with Crippen LogP contribution < -0.4 is 24.8 Å². The van der Waals surface area contributed by atoms with Crippen molar-refractivity contribution in [3.05, 3.63) is 29.3 Å². The van der Waals surface area contributed by atoms with Gasteiger partial charge in [0.15, 0.2) is 17.5 Å². The molecule has 0 fully saturated rings. The largest absolute Gasteiger partial charge is 0.493 e. The number of hydrogen-bond donors (Lipinski definition) is 2. The molecule has 1 aromatic rings. The van der Waals surface area contributed by atoms with E-state index in [2.05, 4.69) is 28.6 Å². The van der Waals surface area contributed by atoms with Crippen LogP contribution in [-0.2, 0) is 11.3 Å². The normalized spacial score (nSPS) is 13.9. The van der Waals surface area contributed by atoms with Crippen molar-refractivity contribution in [2.75, 3.05) is 47.6 Å². The predicted octanol–water partition coefficient (Wildman–Crippen LogP) is 3.12. The van der Waals surface area contributed by atoms with E-state index in [9.17, 15) is 0 Å². The van der Waals surface area contributed by atoms with Crippen LogP contribution in [0.2, 0.25) is 0 Å². The molecule has 28 heavy (non-hydrogen) atoms. The van der Waals surface area contributed by atoms with E-state index in [-0.39, 0.29) is 24.0 Å². The van der Waals surface area contributed by atoms with Gasteiger partial charge in [0, 0.05) is 13.1 Å². The van der Waals surface area contributed by atoms with Crippen LogP contribution >= 0.6 is 24.0 Å². The zero-order chi connectivity index (χ0) is 19.5. The van der Waals surface area contributed by atoms with Gasteiger partial charge in [0.1, 0.15) is 0 Å². The molecule has 158 valence electrons. The topological polar surface area (TPSA) is 73.3 Å². The van der Waals surface area contributed by atoms with E-state index < -0.39 is 0 Å². The number of ether oxygens (including phenoxy) is 4. The first-order valence-electron chi connectivity index (χ1n) is 9.28. The summed E-state index contributed by atoms with van der Waals surface area (Å²) in [6.45, 7) is 5.75. The second-order valence-electron chi connectivity index (χ2n) is 6.09. The molecular weight excluding hydrogens is 473 g/mol. The van der Waals surface area contributed by atoms with Gasteiger partial charge in [0.25, 0.3) is 0 Å². The van der Waals surface area contributed by atoms with Crippen LogP contribution in [0, 0.1) is 0 Å². The van der Waals surface area contributed by atoms with Crippen molar-refractivity contribution < 1.29 is 18.9 Å². The SMILES string of the molecule is CCNC(=NCc1cc(OC)c(OC)c(OC)c1)NCCC1=CCOCC1.I. The number of benzene rings is 1. The lowest BCUT2D eigenvalue weighted by molar-refractivity contribution is 0.153. The van der Waals surface area contributed by atoms with Crippen LogP contribution in [0.5, 0.6) is 17.2 Å². The summed E-state index contributed by atoms with van der Waals surface area (Å²) in [6.07, 6.45) is 4.18. The van der Waals surface area contributed by atoms with Gasteiger partial charge < -0.3 is 29.6 Å². The molecule has 1 aliphatic heterocycles. The molecule has 2 N–H and O–H groups in total. The number of hydrogen-bond acceptors (Lipinski definition) is 5. The molecule has 8 heteroatoms. The van der Waals surface area contributed by atoms with E-state index in [1.807, 2.05) is 12.1 Å². The number of nitrogens with zero attached hydrogens (tertiary/aromatic N) is 1. The number of aliphatic imine (C=N–C) groups is 1. The number of rotatable bonds is 9. The molecule has 0 aliphatic carbocycles. The van der Waals surface area contributed by atoms with Gasteiger partial charge in [0.2, 0.25) is 5.75 Å². The minimum atomic E-state index is 0. The van der Waals surface area contributed by atoms with Crippen molar-refractivity contribution in [1.82, 2.24) is 10.6 Å². The van der Waals surface area contributed by atoms with Crippen molar-refractivity contribution in [2.45, 2.75) is 26.3 Å². The summed E-state index contributed by atoms with van der Waals surface area (Å²) in [5, 5.41) is 6.67. The van der Waals surface area contributed by atoms with Gasteiger partial charge in [-0.3, -0.25) is 0 Å². The summed E-state index contributed by atoms with van der Waals surface area (Å²) in [7, 11) is 4.82. The molecule has 0 bridgehead atoms. The quantitative estimate of drug-likeness (QED) is 0.233. The Morgan fingerprint density at radius 3 is 2.36 bits per heavy atom. The van der Waals surface area contributed by atoms with E-state index in [0.29, 0.717) is 23.8 Å². The van der Waals surface area contributed by atoms with Gasteiger partial charge in [-0.25, -0.2) is 4.99 Å². The Labute approximate surface area is 184 Å². The number of guanidine groups is 1. The summed E-state index contributed by atoms with van der Waals surface area (Å²) >= 11 is 0. The Morgan fingerprint density at radius 1 is 1.11 bits per heavy atom. The highest BCUT2D eigenvalue weighted by Gasteiger charge is 2.13. The molecule has 0 unspecified atom stereocenters. The van der Waals surface area contributed by atoms with Gasteiger partial charge >= 0.3 is 0 Å². The second kappa shape index (κ2) is 13.5. The summed E-state index contributed by atoms with van der Waals surface area (Å²) in [4.78, 5) is 4.67. The lowest BCUT2D eigenvalue weighted by atomic mass is 10.1. The molecule has 7 nitrogen and oxygen atoms in total. The summed E-state index contributed by atoms with van der Waals surface area (Å²) < 4.78 is 21.5. The Kier molecular flexibility index (Phi) is 11.7. The monoisotopic (exact) mass is 505 g/mol. The molecule has 1 aromatic carbocycles. The van der Waals surface area contributed by atoms with Crippen LogP contribution in [-0.4, -0.2) is 53.6 Å². The molecule has 0 aromatic heterocycles. The lowest BCUT2D eigenvalue weighted by Crippen LogP contribution is -2.38. The van der Waals surface area contributed by atoms with Gasteiger partial charge in [-0.1, -0.05) is 11.6 Å². The van der Waals surface area contributed by atoms with Crippen molar-refractivity contribution in [3.63, 3.8) is 0 Å². The zero-order valence-electron chi connectivity index (χ0n) is 17.2. The fourth-order valence-electron chi connectivity index (χ4n) is 2.87. The molecule has 2 rings (SSSR count). The van der Waals surface area contributed by atoms with E-state index in [1.165, 1.54) is 5.57 Å². The summed E-state index contributed by atoms with van der Waals surface area (Å²) in [5.41, 5.74) is 2.42. The van der Waals surface area contributed by atoms with Gasteiger partial charge in [0.05, 0.1) is 41.1 Å². The maximum absolute atomic E-state index is 5.40. The van der Waals surface area contributed by atoms with Crippen molar-refractivity contribution in [2.24, 2.45) is 4.99 Å². The van der Waals surface area contributed by atoms with Crippen LogP contribution in [0.1, 0.15) is 25.3 Å². The third kappa shape index (κ3) is 7.38. The molecule has 0 saturated heterocycles. The Hall–Kier alpha value is -1.68. The highest BCUT2D eigenvalue weighted by Crippen LogP contribution is 2.38. The molecule has 1 heterocycles. The average molecular weight is 505 g/mol. The van der Waals surface area contributed by atoms with Crippen LogP contribution in [0.15, 0.2) is 28.8 Å². The first kappa shape index (κ1) is 24.4. The molecule has 0 atom stereocenters. The van der Waals surface area contributed by atoms with Gasteiger partial charge in [-0.15, -0.1) is 24.0 Å². The maximum Gasteiger partial charge on any atom is 0.203 e. The number of halogens is 1. The average Bonchev–Trinajstić information content (AvgIpc) is 2.71. The van der Waals surface area contributed by atoms with E-state index in [0.717, 1.165) is 50.7 Å². The first-order chi connectivity index (χ1) is 13.2. The Morgan fingerprint density at radius 2 is 1.82 bits per heavy atom. The predicted molar refractivity (Wildman–Crippen MR) is 122 cm³/mol. The molecule has 1 aliphatic rings. The molecule has 0 spiro atoms. The van der Waals surface area contributed by atoms with Gasteiger partial charge in [-0.05, 0) is 37.5 Å². The van der Waals surface area contributed by atoms with Gasteiger partial charge in [-0.2, -0.15) is 0 Å². The number of methoxy groups -OCH3 is 3. The third-order valence-electron chi connectivity index (χ3n) is 4.28. The Balaban J connectivity index is 0.00000392. The highest BCUT2D eigenvalue weighted by atomic mass is 127. The van der Waals surface area contributed by atoms with Crippen LogP contribution in [0.3, 0.4) is 0 Å². The fourth-order valence-corrected chi connectivity index (χ4v) is 2.87. The zero-order valence-corrected chi connectivity index (χ0v) is 19.5. The number of nitrogens with one attached hydrogen (secondary N) is 2. The fraction of sp³-hybridized carbons (Fsp3) is 0.550. The minimum Gasteiger partial charge on any atom is -0.493 e. The minimum absolute atomic E-state index is 0. The molecule has 0 saturated carbocycles. The third-order valence-corrected chi connectivity index (χ3v) is 4.28. The molecule has 0 amide bonds. The van der Waals surface area contributed by atoms with E-state index in [4.69, 9.17) is 18.9 Å². The van der Waals surface area contributed by atoms with Crippen molar-refractivity contribution in [1.29, 1.82) is 0 Å². The second-order valence-corrected chi connectivity index (χ2v) is 6.09. The maximum atomic E-state index is 5.40. The lowest BCUT2D eigenvalue weighted by Gasteiger charge is -2.16. The van der Waals surface area contributed by atoms with Crippen LogP contribution in [0.4, 0.5) is 0 Å². The first-order valence-corrected chi connectivity index (χ1v) is 9.28. The van der Waals surface area contributed by atoms with E-state index in [1.54, 1.807) is 21.3 Å². The molecule has 0 radical (unpaired) electrons. The van der Waals surface area contributed by atoms with E-state index >= 15 is 0 Å². The van der Waals surface area contributed by atoms with Crippen molar-refractivity contribution >= 4 is 29.9 Å². The smallest absolute Gasteiger partial charge is 0.203 e. The summed E-state index contributed by atoms with van der Waals surface area (Å²) in [5.74, 6) is 2.64. The standard InChI is InChI=1S/C20H31N3O4.HI/c1-5-21-20(22-9-6-15-7-10-27-11-8-15)23-14-16-12-17(24-2)19(26-4)18(13-16)25-3;/h7,12-13H,5-6,8-11,14H2,1-4H3,(H2,21,22,23);1H. The molecular formula is C20H32IN3O4. The van der Waals surface area contributed by atoms with Crippen molar-refractivity contribution in [3.8, 4) is 17.2 Å².